The summed E-state index contributed by atoms with van der Waals surface area (Å²) in [7, 11) is 6.09. The van der Waals surface area contributed by atoms with E-state index >= 15 is 0 Å². The molecule has 1 fully saturated rings. The Morgan fingerprint density at radius 3 is 1.89 bits per heavy atom. The molecule has 0 radical (unpaired) electrons. The van der Waals surface area contributed by atoms with Crippen LogP contribution >= 0.6 is 0 Å². The number of carbonyl (C=O) groups is 1. The number of ether oxygens (including phenoxy) is 4. The van der Waals surface area contributed by atoms with Gasteiger partial charge < -0.3 is 18.9 Å². The van der Waals surface area contributed by atoms with Crippen LogP contribution in [0.25, 0.3) is 0 Å². The molecular weight excluding hydrogens is 248 g/mol. The Labute approximate surface area is 112 Å². The van der Waals surface area contributed by atoms with Crippen LogP contribution in [0.3, 0.4) is 0 Å². The van der Waals surface area contributed by atoms with Crippen LogP contribution in [0.4, 0.5) is 0 Å². The maximum absolute atomic E-state index is 12.0. The van der Waals surface area contributed by atoms with Crippen LogP contribution < -0.4 is 14.2 Å². The standard InChI is InChI=1S/C14H18O5/c1-16-10-8-12(18-3)11(17-2)7-9(10)14(5-6-14)13(15)19-4/h7-8H,5-6H2,1-4H3. The van der Waals surface area contributed by atoms with Crippen molar-refractivity contribution in [2.75, 3.05) is 28.4 Å². The molecule has 5 heteroatoms. The molecule has 0 aromatic heterocycles. The summed E-state index contributed by atoms with van der Waals surface area (Å²) < 4.78 is 20.8. The average Bonchev–Trinajstić information content (AvgIpc) is 3.26. The lowest BCUT2D eigenvalue weighted by Gasteiger charge is -2.19. The predicted molar refractivity (Wildman–Crippen MR) is 69.0 cm³/mol. The van der Waals surface area contributed by atoms with E-state index in [0.29, 0.717) is 17.2 Å². The molecular formula is C14H18O5. The third-order valence-electron chi connectivity index (χ3n) is 3.55. The van der Waals surface area contributed by atoms with Crippen molar-refractivity contribution < 1.29 is 23.7 Å². The zero-order valence-electron chi connectivity index (χ0n) is 11.6. The third kappa shape index (κ3) is 2.09. The van der Waals surface area contributed by atoms with E-state index in [4.69, 9.17) is 18.9 Å². The second kappa shape index (κ2) is 4.99. The Hall–Kier alpha value is -1.91. The van der Waals surface area contributed by atoms with Gasteiger partial charge in [-0.2, -0.15) is 0 Å². The monoisotopic (exact) mass is 266 g/mol. The molecule has 0 spiro atoms. The first-order chi connectivity index (χ1) is 9.12. The summed E-state index contributed by atoms with van der Waals surface area (Å²) in [4.78, 5) is 12.0. The normalized spacial score (nSPS) is 15.6. The highest BCUT2D eigenvalue weighted by molar-refractivity contribution is 5.88. The molecule has 0 bridgehead atoms. The van der Waals surface area contributed by atoms with Gasteiger partial charge in [-0.05, 0) is 18.9 Å². The number of carbonyl (C=O) groups excluding carboxylic acids is 1. The molecule has 0 atom stereocenters. The van der Waals surface area contributed by atoms with Crippen LogP contribution in [0.5, 0.6) is 17.2 Å². The minimum Gasteiger partial charge on any atom is -0.496 e. The van der Waals surface area contributed by atoms with Crippen LogP contribution in [0.15, 0.2) is 12.1 Å². The highest BCUT2D eigenvalue weighted by Gasteiger charge is 2.54. The highest BCUT2D eigenvalue weighted by atomic mass is 16.5. The van der Waals surface area contributed by atoms with Crippen LogP contribution in [-0.2, 0) is 14.9 Å². The van der Waals surface area contributed by atoms with E-state index in [1.807, 2.05) is 0 Å². The molecule has 0 aliphatic heterocycles. The van der Waals surface area contributed by atoms with E-state index in [1.165, 1.54) is 7.11 Å². The minimum absolute atomic E-state index is 0.238. The van der Waals surface area contributed by atoms with Crippen molar-refractivity contribution >= 4 is 5.97 Å². The van der Waals surface area contributed by atoms with Crippen molar-refractivity contribution in [2.24, 2.45) is 0 Å². The first-order valence-corrected chi connectivity index (χ1v) is 6.02. The second-order valence-corrected chi connectivity index (χ2v) is 4.48. The lowest BCUT2D eigenvalue weighted by atomic mass is 9.94. The van der Waals surface area contributed by atoms with Crippen molar-refractivity contribution in [2.45, 2.75) is 18.3 Å². The number of hydrogen-bond donors (Lipinski definition) is 0. The Kier molecular flexibility index (Phi) is 3.55. The molecule has 0 amide bonds. The second-order valence-electron chi connectivity index (χ2n) is 4.48. The van der Waals surface area contributed by atoms with Crippen LogP contribution in [-0.4, -0.2) is 34.4 Å². The molecule has 5 nitrogen and oxygen atoms in total. The number of benzene rings is 1. The molecule has 1 aliphatic rings. The average molecular weight is 266 g/mol. The quantitative estimate of drug-likeness (QED) is 0.762. The summed E-state index contributed by atoms with van der Waals surface area (Å²) in [5.74, 6) is 1.52. The fourth-order valence-electron chi connectivity index (χ4n) is 2.31. The Morgan fingerprint density at radius 2 is 1.47 bits per heavy atom. The highest BCUT2D eigenvalue weighted by Crippen LogP contribution is 2.54. The topological polar surface area (TPSA) is 54.0 Å². The first kappa shape index (κ1) is 13.5. The molecule has 1 aromatic carbocycles. The van der Waals surface area contributed by atoms with Gasteiger partial charge in [-0.15, -0.1) is 0 Å². The zero-order valence-corrected chi connectivity index (χ0v) is 11.6. The maximum atomic E-state index is 12.0. The SMILES string of the molecule is COC(=O)C1(c2cc(OC)c(OC)cc2OC)CC1. The number of rotatable bonds is 5. The summed E-state index contributed by atoms with van der Waals surface area (Å²) in [5, 5.41) is 0. The Balaban J connectivity index is 2.53. The van der Waals surface area contributed by atoms with E-state index in [9.17, 15) is 4.79 Å². The fourth-order valence-corrected chi connectivity index (χ4v) is 2.31. The Bertz CT molecular complexity index is 491. The van der Waals surface area contributed by atoms with Gasteiger partial charge in [0, 0.05) is 11.6 Å². The van der Waals surface area contributed by atoms with E-state index in [2.05, 4.69) is 0 Å². The molecule has 0 saturated heterocycles. The van der Waals surface area contributed by atoms with Crippen molar-refractivity contribution in [3.63, 3.8) is 0 Å². The fraction of sp³-hybridized carbons (Fsp3) is 0.500. The van der Waals surface area contributed by atoms with E-state index in [-0.39, 0.29) is 5.97 Å². The van der Waals surface area contributed by atoms with Gasteiger partial charge in [0.1, 0.15) is 5.75 Å². The van der Waals surface area contributed by atoms with Gasteiger partial charge in [0.15, 0.2) is 11.5 Å². The molecule has 1 aliphatic carbocycles. The van der Waals surface area contributed by atoms with Crippen LogP contribution in [0, 0.1) is 0 Å². The summed E-state index contributed by atoms with van der Waals surface area (Å²) in [6.45, 7) is 0. The molecule has 0 heterocycles. The van der Waals surface area contributed by atoms with Gasteiger partial charge in [-0.3, -0.25) is 4.79 Å². The Morgan fingerprint density at radius 1 is 0.947 bits per heavy atom. The van der Waals surface area contributed by atoms with Gasteiger partial charge in [0.2, 0.25) is 0 Å². The van der Waals surface area contributed by atoms with Gasteiger partial charge in [0.25, 0.3) is 0 Å². The van der Waals surface area contributed by atoms with Crippen molar-refractivity contribution in [3.05, 3.63) is 17.7 Å². The predicted octanol–water partition coefficient (Wildman–Crippen LogP) is 1.92. The van der Waals surface area contributed by atoms with Gasteiger partial charge in [-0.25, -0.2) is 0 Å². The van der Waals surface area contributed by atoms with Gasteiger partial charge in [0.05, 0.1) is 33.9 Å². The lowest BCUT2D eigenvalue weighted by Crippen LogP contribution is -2.22. The summed E-state index contributed by atoms with van der Waals surface area (Å²) in [6.07, 6.45) is 1.51. The van der Waals surface area contributed by atoms with E-state index < -0.39 is 5.41 Å². The zero-order chi connectivity index (χ0) is 14.0. The van der Waals surface area contributed by atoms with Crippen molar-refractivity contribution in [1.29, 1.82) is 0 Å². The minimum atomic E-state index is -0.598. The third-order valence-corrected chi connectivity index (χ3v) is 3.55. The van der Waals surface area contributed by atoms with Crippen LogP contribution in [0.1, 0.15) is 18.4 Å². The van der Waals surface area contributed by atoms with Gasteiger partial charge in [-0.1, -0.05) is 0 Å². The smallest absolute Gasteiger partial charge is 0.316 e. The van der Waals surface area contributed by atoms with Gasteiger partial charge >= 0.3 is 5.97 Å². The maximum Gasteiger partial charge on any atom is 0.316 e. The molecule has 19 heavy (non-hydrogen) atoms. The molecule has 1 saturated carbocycles. The number of esters is 1. The van der Waals surface area contributed by atoms with E-state index in [0.717, 1.165) is 18.4 Å². The summed E-state index contributed by atoms with van der Waals surface area (Å²) >= 11 is 0. The van der Waals surface area contributed by atoms with Crippen molar-refractivity contribution in [3.8, 4) is 17.2 Å². The van der Waals surface area contributed by atoms with E-state index in [1.54, 1.807) is 33.5 Å². The molecule has 0 unspecified atom stereocenters. The largest absolute Gasteiger partial charge is 0.496 e. The molecule has 2 rings (SSSR count). The molecule has 0 N–H and O–H groups in total. The molecule has 1 aromatic rings. The first-order valence-electron chi connectivity index (χ1n) is 6.02. The summed E-state index contributed by atoms with van der Waals surface area (Å²) in [6, 6.07) is 3.53. The van der Waals surface area contributed by atoms with Crippen LogP contribution in [0.2, 0.25) is 0 Å². The molecule has 104 valence electrons. The number of methoxy groups -OCH3 is 4. The lowest BCUT2D eigenvalue weighted by molar-refractivity contribution is -0.143. The number of hydrogen-bond acceptors (Lipinski definition) is 5. The van der Waals surface area contributed by atoms with Crippen molar-refractivity contribution in [1.82, 2.24) is 0 Å². The summed E-state index contributed by atoms with van der Waals surface area (Å²) in [5.41, 5.74) is 0.194.